The summed E-state index contributed by atoms with van der Waals surface area (Å²) in [7, 11) is 0. The van der Waals surface area contributed by atoms with Crippen LogP contribution in [0.4, 0.5) is 0 Å². The van der Waals surface area contributed by atoms with Crippen molar-refractivity contribution < 1.29 is 0 Å². The number of hydrogen-bond acceptors (Lipinski definition) is 1. The van der Waals surface area contributed by atoms with Gasteiger partial charge in [0.1, 0.15) is 0 Å². The van der Waals surface area contributed by atoms with Gasteiger partial charge in [0.05, 0.1) is 0 Å². The molecule has 0 amide bonds. The maximum Gasteiger partial charge on any atom is 0.0220 e. The van der Waals surface area contributed by atoms with E-state index in [2.05, 4.69) is 13.2 Å². The van der Waals surface area contributed by atoms with Gasteiger partial charge in [-0.3, -0.25) is 0 Å². The van der Waals surface area contributed by atoms with Gasteiger partial charge in [-0.15, -0.1) is 25.6 Å². The highest BCUT2D eigenvalue weighted by Gasteiger charge is 2.34. The van der Waals surface area contributed by atoms with Crippen molar-refractivity contribution in [2.24, 2.45) is 11.7 Å². The molecule has 2 unspecified atom stereocenters. The van der Waals surface area contributed by atoms with Gasteiger partial charge in [0.15, 0.2) is 0 Å². The third-order valence-electron chi connectivity index (χ3n) is 3.23. The van der Waals surface area contributed by atoms with Crippen molar-refractivity contribution in [3.8, 4) is 0 Å². The number of rotatable bonds is 4. The summed E-state index contributed by atoms with van der Waals surface area (Å²) in [6.07, 6.45) is 11.0. The number of halogens is 1. The normalized spacial score (nSPS) is 31.6. The maximum atomic E-state index is 6.38. The first kappa shape index (κ1) is 13.7. The average molecular weight is 216 g/mol. The quantitative estimate of drug-likeness (QED) is 0.715. The molecule has 2 atom stereocenters. The van der Waals surface area contributed by atoms with E-state index in [9.17, 15) is 0 Å². The number of allylic oxidation sites excluding steroid dienone is 1. The third kappa shape index (κ3) is 3.14. The van der Waals surface area contributed by atoms with E-state index in [1.54, 1.807) is 0 Å². The summed E-state index contributed by atoms with van der Waals surface area (Å²) >= 11 is 0. The van der Waals surface area contributed by atoms with Gasteiger partial charge in [-0.2, -0.15) is 0 Å². The van der Waals surface area contributed by atoms with Crippen LogP contribution in [-0.2, 0) is 0 Å². The van der Waals surface area contributed by atoms with Crippen LogP contribution in [0.15, 0.2) is 25.3 Å². The fourth-order valence-electron chi connectivity index (χ4n) is 2.43. The van der Waals surface area contributed by atoms with E-state index in [4.69, 9.17) is 5.73 Å². The smallest absolute Gasteiger partial charge is 0.0220 e. The molecule has 2 N–H and O–H groups in total. The van der Waals surface area contributed by atoms with Crippen molar-refractivity contribution in [3.63, 3.8) is 0 Å². The molecule has 1 rings (SSSR count). The van der Waals surface area contributed by atoms with Gasteiger partial charge >= 0.3 is 0 Å². The molecule has 1 fully saturated rings. The van der Waals surface area contributed by atoms with Gasteiger partial charge in [0.25, 0.3) is 0 Å². The fourth-order valence-corrected chi connectivity index (χ4v) is 2.43. The van der Waals surface area contributed by atoms with Crippen LogP contribution in [0.2, 0.25) is 0 Å². The van der Waals surface area contributed by atoms with Crippen LogP contribution >= 0.6 is 12.4 Å². The molecule has 0 radical (unpaired) electrons. The summed E-state index contributed by atoms with van der Waals surface area (Å²) in [4.78, 5) is 0. The molecule has 82 valence electrons. The zero-order valence-electron chi connectivity index (χ0n) is 8.87. The van der Waals surface area contributed by atoms with Gasteiger partial charge in [-0.05, 0) is 31.6 Å². The molecular weight excluding hydrogens is 194 g/mol. The van der Waals surface area contributed by atoms with Gasteiger partial charge < -0.3 is 5.73 Å². The second kappa shape index (κ2) is 6.26. The predicted molar refractivity (Wildman–Crippen MR) is 65.8 cm³/mol. The van der Waals surface area contributed by atoms with Crippen LogP contribution in [0.1, 0.15) is 38.5 Å². The lowest BCUT2D eigenvalue weighted by Crippen LogP contribution is -2.48. The lowest BCUT2D eigenvalue weighted by Gasteiger charge is -2.40. The van der Waals surface area contributed by atoms with E-state index in [0.717, 1.165) is 19.3 Å². The molecule has 1 nitrogen and oxygen atoms in total. The standard InChI is InChI=1S/C12H21N.ClH/c1-3-7-11-8-5-6-10-12(11,13)9-4-2;/h3-4,11H,1-2,5-10,13H2;1H. The van der Waals surface area contributed by atoms with Crippen molar-refractivity contribution in [1.29, 1.82) is 0 Å². The molecule has 0 aliphatic heterocycles. The van der Waals surface area contributed by atoms with Gasteiger partial charge in [-0.1, -0.05) is 25.0 Å². The minimum absolute atomic E-state index is 0. The molecule has 0 aromatic rings. The van der Waals surface area contributed by atoms with Crippen molar-refractivity contribution in [2.75, 3.05) is 0 Å². The minimum Gasteiger partial charge on any atom is -0.325 e. The van der Waals surface area contributed by atoms with E-state index in [0.29, 0.717) is 5.92 Å². The first-order valence-electron chi connectivity index (χ1n) is 5.23. The van der Waals surface area contributed by atoms with Crippen molar-refractivity contribution in [3.05, 3.63) is 25.3 Å². The lowest BCUT2D eigenvalue weighted by atomic mass is 9.70. The Kier molecular flexibility index (Phi) is 6.14. The first-order valence-corrected chi connectivity index (χ1v) is 5.23. The summed E-state index contributed by atoms with van der Waals surface area (Å²) in [6, 6.07) is 0. The molecule has 0 spiro atoms. The summed E-state index contributed by atoms with van der Waals surface area (Å²) in [5.74, 6) is 0.622. The van der Waals surface area contributed by atoms with Crippen molar-refractivity contribution in [2.45, 2.75) is 44.1 Å². The van der Waals surface area contributed by atoms with E-state index in [1.807, 2.05) is 12.2 Å². The third-order valence-corrected chi connectivity index (χ3v) is 3.23. The minimum atomic E-state index is 0. The Morgan fingerprint density at radius 2 is 2.00 bits per heavy atom. The molecule has 0 aromatic carbocycles. The highest BCUT2D eigenvalue weighted by molar-refractivity contribution is 5.85. The molecule has 0 bridgehead atoms. The second-order valence-corrected chi connectivity index (χ2v) is 4.19. The SMILES string of the molecule is C=CCC1CCCCC1(N)CC=C.Cl. The zero-order valence-corrected chi connectivity index (χ0v) is 9.69. The monoisotopic (exact) mass is 215 g/mol. The Morgan fingerprint density at radius 3 is 2.57 bits per heavy atom. The summed E-state index contributed by atoms with van der Waals surface area (Å²) in [5, 5.41) is 0. The average Bonchev–Trinajstić information content (AvgIpc) is 2.10. The van der Waals surface area contributed by atoms with E-state index >= 15 is 0 Å². The van der Waals surface area contributed by atoms with Crippen LogP contribution in [0.25, 0.3) is 0 Å². The Balaban J connectivity index is 0.00000169. The Hall–Kier alpha value is -0.270. The summed E-state index contributed by atoms with van der Waals surface area (Å²) in [6.45, 7) is 7.59. The molecule has 1 aliphatic carbocycles. The molecule has 0 aromatic heterocycles. The Labute approximate surface area is 93.9 Å². The van der Waals surface area contributed by atoms with Crippen LogP contribution < -0.4 is 5.73 Å². The molecule has 0 saturated heterocycles. The van der Waals surface area contributed by atoms with Gasteiger partial charge in [0, 0.05) is 5.54 Å². The van der Waals surface area contributed by atoms with Crippen LogP contribution in [0.5, 0.6) is 0 Å². The van der Waals surface area contributed by atoms with Crippen LogP contribution in [0.3, 0.4) is 0 Å². The molecule has 0 heterocycles. The topological polar surface area (TPSA) is 26.0 Å². The Morgan fingerprint density at radius 1 is 1.29 bits per heavy atom. The van der Waals surface area contributed by atoms with Crippen LogP contribution in [0, 0.1) is 5.92 Å². The highest BCUT2D eigenvalue weighted by atomic mass is 35.5. The lowest BCUT2D eigenvalue weighted by molar-refractivity contribution is 0.192. The Bertz CT molecular complexity index is 191. The number of hydrogen-bond donors (Lipinski definition) is 1. The number of nitrogens with two attached hydrogens (primary N) is 1. The molecule has 14 heavy (non-hydrogen) atoms. The fraction of sp³-hybridized carbons (Fsp3) is 0.667. The first-order chi connectivity index (χ1) is 6.23. The largest absolute Gasteiger partial charge is 0.325 e. The molecule has 1 saturated carbocycles. The molecular formula is C12H22ClN. The van der Waals surface area contributed by atoms with E-state index < -0.39 is 0 Å². The van der Waals surface area contributed by atoms with E-state index in [1.165, 1.54) is 19.3 Å². The zero-order chi connectivity index (χ0) is 9.73. The van der Waals surface area contributed by atoms with Gasteiger partial charge in [-0.25, -0.2) is 0 Å². The van der Waals surface area contributed by atoms with E-state index in [-0.39, 0.29) is 17.9 Å². The maximum absolute atomic E-state index is 6.38. The summed E-state index contributed by atoms with van der Waals surface area (Å²) in [5.41, 5.74) is 6.39. The van der Waals surface area contributed by atoms with Crippen LogP contribution in [-0.4, -0.2) is 5.54 Å². The van der Waals surface area contributed by atoms with Crippen molar-refractivity contribution >= 4 is 12.4 Å². The van der Waals surface area contributed by atoms with Gasteiger partial charge in [0.2, 0.25) is 0 Å². The second-order valence-electron chi connectivity index (χ2n) is 4.19. The molecule has 2 heteroatoms. The predicted octanol–water partition coefficient (Wildman–Crippen LogP) is 3.45. The molecule has 1 aliphatic rings. The van der Waals surface area contributed by atoms with Crippen molar-refractivity contribution in [1.82, 2.24) is 0 Å². The highest BCUT2D eigenvalue weighted by Crippen LogP contribution is 2.36. The summed E-state index contributed by atoms with van der Waals surface area (Å²) < 4.78 is 0.